The third-order valence-electron chi connectivity index (χ3n) is 3.30. The molecule has 1 N–H and O–H groups in total. The van der Waals surface area contributed by atoms with Gasteiger partial charge in [0, 0.05) is 30.7 Å². The number of hydrogen-bond donors (Lipinski definition) is 1. The predicted octanol–water partition coefficient (Wildman–Crippen LogP) is 2.91. The summed E-state index contributed by atoms with van der Waals surface area (Å²) < 4.78 is 16.1. The Morgan fingerprint density at radius 2 is 2.19 bits per heavy atom. The van der Waals surface area contributed by atoms with E-state index in [-0.39, 0.29) is 5.91 Å². The number of methoxy groups -OCH3 is 1. The van der Waals surface area contributed by atoms with Gasteiger partial charge in [0.05, 0.1) is 7.11 Å². The highest BCUT2D eigenvalue weighted by molar-refractivity contribution is 5.99. The highest BCUT2D eigenvalue weighted by Gasteiger charge is 2.17. The first-order chi connectivity index (χ1) is 10.2. The van der Waals surface area contributed by atoms with E-state index < -0.39 is 0 Å². The van der Waals surface area contributed by atoms with Crippen LogP contribution in [0.15, 0.2) is 22.6 Å². The average Bonchev–Trinajstić information content (AvgIpc) is 2.83. The molecule has 0 aliphatic heterocycles. The largest absolute Gasteiger partial charge is 0.497 e. The van der Waals surface area contributed by atoms with Crippen LogP contribution in [0, 0.1) is 6.92 Å². The fourth-order valence-corrected chi connectivity index (χ4v) is 2.14. The fourth-order valence-electron chi connectivity index (χ4n) is 2.14. The van der Waals surface area contributed by atoms with Crippen LogP contribution in [0.3, 0.4) is 0 Å². The summed E-state index contributed by atoms with van der Waals surface area (Å²) in [6.07, 6.45) is 0.784. The number of ether oxygens (including phenoxy) is 2. The van der Waals surface area contributed by atoms with E-state index in [0.717, 1.165) is 23.1 Å². The molecule has 0 aliphatic rings. The molecule has 2 aromatic rings. The maximum absolute atomic E-state index is 12.1. The lowest BCUT2D eigenvalue weighted by molar-refractivity contribution is 0.0918. The molecule has 0 bridgehead atoms. The number of nitrogens with one attached hydrogen (secondary N) is 1. The number of furan rings is 1. The van der Waals surface area contributed by atoms with Gasteiger partial charge in [-0.15, -0.1) is 0 Å². The van der Waals surface area contributed by atoms with E-state index >= 15 is 0 Å². The summed E-state index contributed by atoms with van der Waals surface area (Å²) in [6.45, 7) is 5.73. The lowest BCUT2D eigenvalue weighted by atomic mass is 10.1. The molecule has 0 spiro atoms. The first kappa shape index (κ1) is 15.4. The van der Waals surface area contributed by atoms with Crippen molar-refractivity contribution in [2.24, 2.45) is 0 Å². The molecule has 0 fully saturated rings. The third-order valence-corrected chi connectivity index (χ3v) is 3.30. The zero-order chi connectivity index (χ0) is 15.2. The van der Waals surface area contributed by atoms with Crippen molar-refractivity contribution in [2.45, 2.75) is 20.3 Å². The standard InChI is InChI=1S/C16H21NO4/c1-4-20-9-5-8-17-16(18)15-11(2)13-10-12(19-3)6-7-14(13)21-15/h6-7,10H,4-5,8-9H2,1-3H3,(H,17,18). The van der Waals surface area contributed by atoms with Gasteiger partial charge in [0.2, 0.25) is 0 Å². The summed E-state index contributed by atoms with van der Waals surface area (Å²) >= 11 is 0. The van der Waals surface area contributed by atoms with Crippen LogP contribution >= 0.6 is 0 Å². The second-order valence-electron chi connectivity index (χ2n) is 4.72. The number of hydrogen-bond acceptors (Lipinski definition) is 4. The molecule has 5 nitrogen and oxygen atoms in total. The lowest BCUT2D eigenvalue weighted by Gasteiger charge is -2.04. The molecular formula is C16H21NO4. The van der Waals surface area contributed by atoms with Gasteiger partial charge in [0.25, 0.3) is 5.91 Å². The van der Waals surface area contributed by atoms with Crippen LogP contribution in [0.2, 0.25) is 0 Å². The molecule has 1 heterocycles. The minimum Gasteiger partial charge on any atom is -0.497 e. The minimum atomic E-state index is -0.195. The summed E-state index contributed by atoms with van der Waals surface area (Å²) in [7, 11) is 1.61. The van der Waals surface area contributed by atoms with Gasteiger partial charge < -0.3 is 19.2 Å². The van der Waals surface area contributed by atoms with Gasteiger partial charge in [-0.05, 0) is 38.5 Å². The molecule has 2 rings (SSSR count). The summed E-state index contributed by atoms with van der Waals surface area (Å²) in [4.78, 5) is 12.1. The number of rotatable bonds is 7. The van der Waals surface area contributed by atoms with E-state index in [1.807, 2.05) is 32.0 Å². The maximum Gasteiger partial charge on any atom is 0.287 e. The van der Waals surface area contributed by atoms with Crippen molar-refractivity contribution in [3.8, 4) is 5.75 Å². The molecule has 0 atom stereocenters. The van der Waals surface area contributed by atoms with Crippen molar-refractivity contribution in [1.82, 2.24) is 5.32 Å². The Morgan fingerprint density at radius 1 is 1.38 bits per heavy atom. The number of benzene rings is 1. The molecular weight excluding hydrogens is 270 g/mol. The van der Waals surface area contributed by atoms with Crippen LogP contribution in [0.5, 0.6) is 5.75 Å². The van der Waals surface area contributed by atoms with Crippen molar-refractivity contribution in [3.05, 3.63) is 29.5 Å². The van der Waals surface area contributed by atoms with Gasteiger partial charge in [-0.25, -0.2) is 0 Å². The normalized spacial score (nSPS) is 10.8. The van der Waals surface area contributed by atoms with Crippen molar-refractivity contribution >= 4 is 16.9 Å². The van der Waals surface area contributed by atoms with Crippen LogP contribution in [0.4, 0.5) is 0 Å². The Hall–Kier alpha value is -2.01. The molecule has 21 heavy (non-hydrogen) atoms. The van der Waals surface area contributed by atoms with E-state index in [1.54, 1.807) is 7.11 Å². The maximum atomic E-state index is 12.1. The quantitative estimate of drug-likeness (QED) is 0.797. The number of fused-ring (bicyclic) bond motifs is 1. The molecule has 0 saturated heterocycles. The second-order valence-corrected chi connectivity index (χ2v) is 4.72. The number of aryl methyl sites for hydroxylation is 1. The molecule has 0 saturated carbocycles. The minimum absolute atomic E-state index is 0.195. The van der Waals surface area contributed by atoms with Gasteiger partial charge in [0.1, 0.15) is 11.3 Å². The van der Waals surface area contributed by atoms with E-state index in [0.29, 0.717) is 31.1 Å². The monoisotopic (exact) mass is 291 g/mol. The molecule has 1 aromatic carbocycles. The molecule has 5 heteroatoms. The van der Waals surface area contributed by atoms with Crippen molar-refractivity contribution in [3.63, 3.8) is 0 Å². The molecule has 0 aliphatic carbocycles. The molecule has 1 aromatic heterocycles. The van der Waals surface area contributed by atoms with Crippen LogP contribution in [0.1, 0.15) is 29.5 Å². The lowest BCUT2D eigenvalue weighted by Crippen LogP contribution is -2.25. The van der Waals surface area contributed by atoms with E-state index in [9.17, 15) is 4.79 Å². The summed E-state index contributed by atoms with van der Waals surface area (Å²) in [6, 6.07) is 5.50. The highest BCUT2D eigenvalue weighted by atomic mass is 16.5. The summed E-state index contributed by atoms with van der Waals surface area (Å²) in [5.74, 6) is 0.906. The van der Waals surface area contributed by atoms with Crippen LogP contribution in [0.25, 0.3) is 11.0 Å². The predicted molar refractivity (Wildman–Crippen MR) is 80.9 cm³/mol. The van der Waals surface area contributed by atoms with Crippen LogP contribution in [-0.4, -0.2) is 32.8 Å². The van der Waals surface area contributed by atoms with Crippen LogP contribution in [-0.2, 0) is 4.74 Å². The number of carbonyl (C=O) groups excluding carboxylic acids is 1. The SMILES string of the molecule is CCOCCCNC(=O)c1oc2ccc(OC)cc2c1C. The molecule has 0 unspecified atom stereocenters. The first-order valence-electron chi connectivity index (χ1n) is 7.10. The van der Waals surface area contributed by atoms with Crippen molar-refractivity contribution in [2.75, 3.05) is 26.9 Å². The summed E-state index contributed by atoms with van der Waals surface area (Å²) in [5.41, 5.74) is 1.51. The molecule has 1 amide bonds. The van der Waals surface area contributed by atoms with Gasteiger partial charge in [0.15, 0.2) is 5.76 Å². The first-order valence-corrected chi connectivity index (χ1v) is 7.10. The van der Waals surface area contributed by atoms with E-state index in [1.165, 1.54) is 0 Å². The van der Waals surface area contributed by atoms with E-state index in [2.05, 4.69) is 5.32 Å². The topological polar surface area (TPSA) is 60.7 Å². The van der Waals surface area contributed by atoms with Gasteiger partial charge in [-0.3, -0.25) is 4.79 Å². The smallest absolute Gasteiger partial charge is 0.287 e. The molecule has 114 valence electrons. The van der Waals surface area contributed by atoms with Crippen LogP contribution < -0.4 is 10.1 Å². The van der Waals surface area contributed by atoms with E-state index in [4.69, 9.17) is 13.9 Å². The molecule has 0 radical (unpaired) electrons. The average molecular weight is 291 g/mol. The Balaban J connectivity index is 2.07. The van der Waals surface area contributed by atoms with Gasteiger partial charge >= 0.3 is 0 Å². The fraction of sp³-hybridized carbons (Fsp3) is 0.438. The Bertz CT molecular complexity index is 618. The van der Waals surface area contributed by atoms with Gasteiger partial charge in [-0.1, -0.05) is 0 Å². The Morgan fingerprint density at radius 3 is 2.90 bits per heavy atom. The summed E-state index contributed by atoms with van der Waals surface area (Å²) in [5, 5.41) is 3.74. The van der Waals surface area contributed by atoms with Crippen molar-refractivity contribution in [1.29, 1.82) is 0 Å². The Kier molecular flexibility index (Phi) is 5.22. The zero-order valence-electron chi connectivity index (χ0n) is 12.7. The Labute approximate surface area is 124 Å². The van der Waals surface area contributed by atoms with Gasteiger partial charge in [-0.2, -0.15) is 0 Å². The van der Waals surface area contributed by atoms with Crippen molar-refractivity contribution < 1.29 is 18.7 Å². The third kappa shape index (κ3) is 3.55. The second kappa shape index (κ2) is 7.13. The highest BCUT2D eigenvalue weighted by Crippen LogP contribution is 2.28. The zero-order valence-corrected chi connectivity index (χ0v) is 12.7. The number of carbonyl (C=O) groups is 1. The number of amides is 1.